The number of benzene rings is 3. The molecule has 1 saturated heterocycles. The predicted molar refractivity (Wildman–Crippen MR) is 128 cm³/mol. The maximum absolute atomic E-state index is 13.7. The molecule has 1 heterocycles. The van der Waals surface area contributed by atoms with Gasteiger partial charge in [0.1, 0.15) is 11.9 Å². The molecule has 0 aromatic heterocycles. The van der Waals surface area contributed by atoms with Gasteiger partial charge in [-0.3, -0.25) is 0 Å². The van der Waals surface area contributed by atoms with Crippen molar-refractivity contribution in [1.82, 2.24) is 9.21 Å². The van der Waals surface area contributed by atoms with E-state index in [4.69, 9.17) is 4.74 Å². The van der Waals surface area contributed by atoms with Crippen LogP contribution >= 0.6 is 0 Å². The van der Waals surface area contributed by atoms with E-state index in [-0.39, 0.29) is 10.9 Å². The monoisotopic (exact) mass is 465 g/mol. The highest BCUT2D eigenvalue weighted by Gasteiger charge is 2.41. The quantitative estimate of drug-likeness (QED) is 0.596. The Kier molecular flexibility index (Phi) is 6.67. The number of rotatable bonds is 5. The highest BCUT2D eigenvalue weighted by Crippen LogP contribution is 2.35. The number of nitrogens with one attached hydrogen (secondary N) is 1. The Bertz CT molecular complexity index is 1200. The maximum atomic E-state index is 13.7. The van der Waals surface area contributed by atoms with Crippen LogP contribution in [0, 0.1) is 6.92 Å². The lowest BCUT2D eigenvalue weighted by Gasteiger charge is -2.43. The summed E-state index contributed by atoms with van der Waals surface area (Å²) in [6.45, 7) is 2.64. The van der Waals surface area contributed by atoms with Crippen molar-refractivity contribution in [3.63, 3.8) is 0 Å². The molecule has 1 aliphatic heterocycles. The average molecular weight is 466 g/mol. The van der Waals surface area contributed by atoms with E-state index in [1.165, 1.54) is 4.31 Å². The number of ether oxygens (including phenoxy) is 1. The smallest absolute Gasteiger partial charge is 0.323 e. The van der Waals surface area contributed by atoms with Crippen LogP contribution in [0.4, 0.5) is 10.5 Å². The summed E-state index contributed by atoms with van der Waals surface area (Å²) in [6.07, 6.45) is -0.264. The van der Waals surface area contributed by atoms with E-state index >= 15 is 0 Å². The Morgan fingerprint density at radius 3 is 2.24 bits per heavy atom. The molecule has 2 amide bonds. The fourth-order valence-electron chi connectivity index (χ4n) is 3.95. The molecular weight excluding hydrogens is 438 g/mol. The molecule has 1 aliphatic rings. The number of anilines is 1. The van der Waals surface area contributed by atoms with Gasteiger partial charge >= 0.3 is 6.03 Å². The number of sulfonamides is 1. The molecule has 3 aromatic rings. The second-order valence-corrected chi connectivity index (χ2v) is 9.81. The van der Waals surface area contributed by atoms with Crippen LogP contribution in [0.25, 0.3) is 0 Å². The predicted octanol–water partition coefficient (Wildman–Crippen LogP) is 4.63. The molecular formula is C25H27N3O4S. The minimum Gasteiger partial charge on any atom is -0.497 e. The summed E-state index contributed by atoms with van der Waals surface area (Å²) in [6, 6.07) is 22.7. The third-order valence-electron chi connectivity index (χ3n) is 5.67. The molecule has 0 saturated carbocycles. The Hall–Kier alpha value is -3.36. The standard InChI is InChI=1S/C25H27N3O4S/c1-19-9-15-23(16-10-19)33(30,31)28-18-6-17-27(25(29)26-21-7-4-3-5-8-21)24(28)20-11-13-22(32-2)14-12-20/h3-5,7-16,24H,6,17-18H2,1-2H3,(H,26,29)/t24-/m0/s1. The van der Waals surface area contributed by atoms with Gasteiger partial charge in [0.25, 0.3) is 0 Å². The highest BCUT2D eigenvalue weighted by molar-refractivity contribution is 7.89. The van der Waals surface area contributed by atoms with Gasteiger partial charge in [0.05, 0.1) is 12.0 Å². The van der Waals surface area contributed by atoms with E-state index in [1.54, 1.807) is 72.7 Å². The van der Waals surface area contributed by atoms with Gasteiger partial charge in [-0.05, 0) is 55.3 Å². The Labute approximate surface area is 194 Å². The first kappa shape index (κ1) is 22.8. The van der Waals surface area contributed by atoms with Crippen LogP contribution in [0.2, 0.25) is 0 Å². The van der Waals surface area contributed by atoms with E-state index in [0.717, 1.165) is 5.56 Å². The molecule has 0 spiro atoms. The molecule has 8 heteroatoms. The highest BCUT2D eigenvalue weighted by atomic mass is 32.2. The molecule has 172 valence electrons. The van der Waals surface area contributed by atoms with Crippen LogP contribution in [-0.2, 0) is 10.0 Å². The molecule has 1 atom stereocenters. The minimum atomic E-state index is -3.85. The van der Waals surface area contributed by atoms with E-state index in [1.807, 2.05) is 25.1 Å². The summed E-state index contributed by atoms with van der Waals surface area (Å²) in [5.74, 6) is 0.655. The molecule has 7 nitrogen and oxygen atoms in total. The van der Waals surface area contributed by atoms with E-state index in [2.05, 4.69) is 5.32 Å². The lowest BCUT2D eigenvalue weighted by atomic mass is 10.1. The second-order valence-electron chi connectivity index (χ2n) is 7.92. The molecule has 1 N–H and O–H groups in total. The number of methoxy groups -OCH3 is 1. The molecule has 0 aliphatic carbocycles. The normalized spacial score (nSPS) is 16.9. The summed E-state index contributed by atoms with van der Waals surface area (Å²) in [4.78, 5) is 15.1. The van der Waals surface area contributed by atoms with Crippen LogP contribution in [-0.4, -0.2) is 43.9 Å². The Morgan fingerprint density at radius 2 is 1.61 bits per heavy atom. The van der Waals surface area contributed by atoms with E-state index in [9.17, 15) is 13.2 Å². The zero-order valence-electron chi connectivity index (χ0n) is 18.6. The van der Waals surface area contributed by atoms with Gasteiger partial charge in [-0.15, -0.1) is 0 Å². The first-order chi connectivity index (χ1) is 15.9. The number of aryl methyl sites for hydroxylation is 1. The molecule has 3 aromatic carbocycles. The van der Waals surface area contributed by atoms with Crippen molar-refractivity contribution in [3.8, 4) is 5.75 Å². The molecule has 0 unspecified atom stereocenters. The zero-order valence-corrected chi connectivity index (χ0v) is 19.5. The minimum absolute atomic E-state index is 0.205. The average Bonchev–Trinajstić information content (AvgIpc) is 2.84. The van der Waals surface area contributed by atoms with Crippen molar-refractivity contribution < 1.29 is 17.9 Å². The fourth-order valence-corrected chi connectivity index (χ4v) is 5.56. The molecule has 33 heavy (non-hydrogen) atoms. The summed E-state index contributed by atoms with van der Waals surface area (Å²) in [5, 5.41) is 2.89. The lowest BCUT2D eigenvalue weighted by Crippen LogP contribution is -2.53. The summed E-state index contributed by atoms with van der Waals surface area (Å²) >= 11 is 0. The van der Waals surface area contributed by atoms with E-state index < -0.39 is 16.2 Å². The number of urea groups is 1. The van der Waals surface area contributed by atoms with Crippen molar-refractivity contribution in [2.24, 2.45) is 0 Å². The number of amides is 2. The third-order valence-corrected chi connectivity index (χ3v) is 7.54. The number of hydrogen-bond donors (Lipinski definition) is 1. The first-order valence-corrected chi connectivity index (χ1v) is 12.2. The largest absolute Gasteiger partial charge is 0.497 e. The summed E-state index contributed by atoms with van der Waals surface area (Å²) < 4.78 is 34.0. The van der Waals surface area contributed by atoms with Crippen LogP contribution in [0.3, 0.4) is 0 Å². The zero-order chi connectivity index (χ0) is 23.4. The maximum Gasteiger partial charge on any atom is 0.323 e. The number of hydrogen-bond acceptors (Lipinski definition) is 4. The summed E-state index contributed by atoms with van der Waals surface area (Å²) in [7, 11) is -2.28. The number of para-hydroxylation sites is 1. The van der Waals surface area contributed by atoms with Crippen LogP contribution in [0.15, 0.2) is 83.8 Å². The Balaban J connectivity index is 1.74. The van der Waals surface area contributed by atoms with Gasteiger partial charge in [-0.25, -0.2) is 13.2 Å². The fraction of sp³-hybridized carbons (Fsp3) is 0.240. The van der Waals surface area contributed by atoms with Crippen LogP contribution < -0.4 is 10.1 Å². The van der Waals surface area contributed by atoms with Gasteiger partial charge in [0.2, 0.25) is 10.0 Å². The van der Waals surface area contributed by atoms with Gasteiger partial charge in [0, 0.05) is 18.8 Å². The van der Waals surface area contributed by atoms with Gasteiger partial charge in [-0.2, -0.15) is 4.31 Å². The Morgan fingerprint density at radius 1 is 0.939 bits per heavy atom. The number of carbonyl (C=O) groups excluding carboxylic acids is 1. The van der Waals surface area contributed by atoms with Crippen molar-refractivity contribution in [2.45, 2.75) is 24.4 Å². The topological polar surface area (TPSA) is 79.0 Å². The van der Waals surface area contributed by atoms with Gasteiger partial charge in [-0.1, -0.05) is 48.0 Å². The van der Waals surface area contributed by atoms with Crippen LogP contribution in [0.5, 0.6) is 5.75 Å². The van der Waals surface area contributed by atoms with Crippen LogP contribution in [0.1, 0.15) is 23.7 Å². The molecule has 4 rings (SSSR count). The van der Waals surface area contributed by atoms with E-state index in [0.29, 0.717) is 36.5 Å². The van der Waals surface area contributed by atoms with Crippen molar-refractivity contribution in [1.29, 1.82) is 0 Å². The lowest BCUT2D eigenvalue weighted by molar-refractivity contribution is 0.0924. The van der Waals surface area contributed by atoms with Crippen molar-refractivity contribution in [2.75, 3.05) is 25.5 Å². The SMILES string of the molecule is COc1ccc([C@H]2N(C(=O)Nc3ccccc3)CCCN2S(=O)(=O)c2ccc(C)cc2)cc1. The van der Waals surface area contributed by atoms with Gasteiger partial charge < -0.3 is 15.0 Å². The first-order valence-electron chi connectivity index (χ1n) is 10.8. The molecule has 0 bridgehead atoms. The van der Waals surface area contributed by atoms with Crippen molar-refractivity contribution >= 4 is 21.7 Å². The second kappa shape index (κ2) is 9.64. The summed E-state index contributed by atoms with van der Waals surface area (Å²) in [5.41, 5.74) is 2.31. The third kappa shape index (κ3) is 4.86. The van der Waals surface area contributed by atoms with Crippen molar-refractivity contribution in [3.05, 3.63) is 90.0 Å². The molecule has 1 fully saturated rings. The molecule has 0 radical (unpaired) electrons. The number of nitrogens with zero attached hydrogens (tertiary/aromatic N) is 2. The number of carbonyl (C=O) groups is 1. The van der Waals surface area contributed by atoms with Gasteiger partial charge in [0.15, 0.2) is 0 Å².